The van der Waals surface area contributed by atoms with Crippen molar-refractivity contribution in [3.8, 4) is 0 Å². The maximum atomic E-state index is 12.2. The predicted octanol–water partition coefficient (Wildman–Crippen LogP) is 2.88. The Morgan fingerprint density at radius 1 is 1.28 bits per heavy atom. The van der Waals surface area contributed by atoms with Crippen LogP contribution in [0.1, 0.15) is 13.8 Å². The molecule has 0 heterocycles. The lowest BCUT2D eigenvalue weighted by molar-refractivity contribution is -0.145. The minimum Gasteiger partial charge on any atom is -0.481 e. The van der Waals surface area contributed by atoms with Crippen molar-refractivity contribution in [1.29, 1.82) is 0 Å². The van der Waals surface area contributed by atoms with E-state index in [1.165, 1.54) is 32.0 Å². The Morgan fingerprint density at radius 2 is 1.72 bits per heavy atom. The minimum absolute atomic E-state index is 0.0105. The molecule has 18 heavy (non-hydrogen) atoms. The van der Waals surface area contributed by atoms with Gasteiger partial charge in [0.05, 0.1) is 21.2 Å². The summed E-state index contributed by atoms with van der Waals surface area (Å²) in [5.74, 6) is -1.77. The maximum absolute atomic E-state index is 12.2. The number of aliphatic carboxylic acids is 1. The molecule has 0 radical (unpaired) electrons. The molecule has 1 N–H and O–H groups in total. The summed E-state index contributed by atoms with van der Waals surface area (Å²) in [5, 5.41) is 8.94. The Bertz CT molecular complexity index is 558. The van der Waals surface area contributed by atoms with Gasteiger partial charge in [-0.3, -0.25) is 4.79 Å². The van der Waals surface area contributed by atoms with E-state index in [1.807, 2.05) is 0 Å². The second kappa shape index (κ2) is 5.07. The van der Waals surface area contributed by atoms with E-state index in [-0.39, 0.29) is 14.9 Å². The van der Waals surface area contributed by atoms with Crippen molar-refractivity contribution < 1.29 is 18.3 Å². The molecule has 100 valence electrons. The molecule has 0 aliphatic carbocycles. The molecule has 1 aromatic carbocycles. The van der Waals surface area contributed by atoms with Gasteiger partial charge in [-0.1, -0.05) is 29.3 Å². The van der Waals surface area contributed by atoms with Crippen molar-refractivity contribution in [2.24, 2.45) is 5.41 Å². The number of rotatable bonds is 4. The van der Waals surface area contributed by atoms with E-state index in [0.29, 0.717) is 0 Å². The van der Waals surface area contributed by atoms with Crippen molar-refractivity contribution in [3.05, 3.63) is 28.2 Å². The van der Waals surface area contributed by atoms with Crippen LogP contribution in [0, 0.1) is 5.41 Å². The third-order valence-electron chi connectivity index (χ3n) is 2.36. The zero-order valence-corrected chi connectivity index (χ0v) is 12.1. The Hall–Kier alpha value is -0.780. The molecular formula is C11H12Cl2O4S. The summed E-state index contributed by atoms with van der Waals surface area (Å²) in [7, 11) is -3.87. The van der Waals surface area contributed by atoms with Crippen molar-refractivity contribution in [2.45, 2.75) is 18.7 Å². The van der Waals surface area contributed by atoms with Crippen LogP contribution in [-0.2, 0) is 14.6 Å². The van der Waals surface area contributed by atoms with Crippen LogP contribution in [0.2, 0.25) is 10.0 Å². The number of carbonyl (C=O) groups is 1. The summed E-state index contributed by atoms with van der Waals surface area (Å²) in [6.45, 7) is 2.66. The monoisotopic (exact) mass is 310 g/mol. The normalized spacial score (nSPS) is 12.4. The van der Waals surface area contributed by atoms with E-state index in [2.05, 4.69) is 0 Å². The first-order chi connectivity index (χ1) is 8.08. The second-order valence-electron chi connectivity index (χ2n) is 4.50. The molecule has 0 saturated carbocycles. The highest BCUT2D eigenvalue weighted by Gasteiger charge is 2.35. The molecule has 0 bridgehead atoms. The van der Waals surface area contributed by atoms with Gasteiger partial charge in [-0.25, -0.2) is 8.42 Å². The predicted molar refractivity (Wildman–Crippen MR) is 69.9 cm³/mol. The highest BCUT2D eigenvalue weighted by molar-refractivity contribution is 7.91. The van der Waals surface area contributed by atoms with E-state index in [4.69, 9.17) is 28.3 Å². The van der Waals surface area contributed by atoms with E-state index in [9.17, 15) is 13.2 Å². The molecule has 7 heteroatoms. The third kappa shape index (κ3) is 3.16. The van der Waals surface area contributed by atoms with E-state index >= 15 is 0 Å². The number of hydrogen-bond acceptors (Lipinski definition) is 3. The molecule has 0 aliphatic rings. The first kappa shape index (κ1) is 15.3. The Kier molecular flexibility index (Phi) is 4.30. The average Bonchev–Trinajstić information content (AvgIpc) is 2.14. The van der Waals surface area contributed by atoms with Crippen LogP contribution in [0.5, 0.6) is 0 Å². The fourth-order valence-corrected chi connectivity index (χ4v) is 4.44. The zero-order valence-electron chi connectivity index (χ0n) is 9.78. The third-order valence-corrected chi connectivity index (χ3v) is 5.38. The SMILES string of the molecule is CC(C)(CS(=O)(=O)c1c(Cl)cccc1Cl)C(=O)O. The fourth-order valence-electron chi connectivity index (χ4n) is 1.39. The highest BCUT2D eigenvalue weighted by Crippen LogP contribution is 2.32. The second-order valence-corrected chi connectivity index (χ2v) is 7.24. The molecule has 0 aromatic heterocycles. The summed E-state index contributed by atoms with van der Waals surface area (Å²) < 4.78 is 24.3. The zero-order chi connectivity index (χ0) is 14.1. The van der Waals surface area contributed by atoms with Gasteiger partial charge in [0.2, 0.25) is 0 Å². The highest BCUT2D eigenvalue weighted by atomic mass is 35.5. The summed E-state index contributed by atoms with van der Waals surface area (Å²) in [5.41, 5.74) is -1.42. The van der Waals surface area contributed by atoms with Crippen molar-refractivity contribution in [3.63, 3.8) is 0 Å². The topological polar surface area (TPSA) is 71.4 Å². The van der Waals surface area contributed by atoms with Gasteiger partial charge in [-0.2, -0.15) is 0 Å². The van der Waals surface area contributed by atoms with Gasteiger partial charge in [0.1, 0.15) is 4.90 Å². The number of carboxylic acid groups (broad SMARTS) is 1. The largest absolute Gasteiger partial charge is 0.481 e. The minimum atomic E-state index is -3.87. The number of hydrogen-bond donors (Lipinski definition) is 1. The lowest BCUT2D eigenvalue weighted by atomic mass is 9.97. The molecule has 0 aliphatic heterocycles. The quantitative estimate of drug-likeness (QED) is 0.928. The lowest BCUT2D eigenvalue weighted by Crippen LogP contribution is -2.32. The molecule has 4 nitrogen and oxygen atoms in total. The van der Waals surface area contributed by atoms with Crippen molar-refractivity contribution >= 4 is 39.0 Å². The summed E-state index contributed by atoms with van der Waals surface area (Å²) >= 11 is 11.6. The first-order valence-electron chi connectivity index (χ1n) is 4.98. The van der Waals surface area contributed by atoms with Gasteiger partial charge in [0, 0.05) is 0 Å². The molecule has 0 saturated heterocycles. The number of halogens is 2. The van der Waals surface area contributed by atoms with Crippen LogP contribution < -0.4 is 0 Å². The summed E-state index contributed by atoms with van der Waals surface area (Å²) in [6.07, 6.45) is 0. The Labute approximate surface area is 115 Å². The molecule has 0 spiro atoms. The van der Waals surface area contributed by atoms with Crippen LogP contribution >= 0.6 is 23.2 Å². The molecule has 1 rings (SSSR count). The number of carboxylic acids is 1. The van der Waals surface area contributed by atoms with Crippen LogP contribution in [0.15, 0.2) is 23.1 Å². The summed E-state index contributed by atoms with van der Waals surface area (Å²) in [6, 6.07) is 4.31. The smallest absolute Gasteiger partial charge is 0.310 e. The van der Waals surface area contributed by atoms with Gasteiger partial charge in [0.25, 0.3) is 0 Å². The summed E-state index contributed by atoms with van der Waals surface area (Å²) in [4.78, 5) is 10.7. The Morgan fingerprint density at radius 3 is 2.11 bits per heavy atom. The molecular weight excluding hydrogens is 299 g/mol. The van der Waals surface area contributed by atoms with Crippen LogP contribution in [-0.4, -0.2) is 25.2 Å². The van der Waals surface area contributed by atoms with E-state index in [0.717, 1.165) is 0 Å². The number of benzene rings is 1. The van der Waals surface area contributed by atoms with Crippen LogP contribution in [0.3, 0.4) is 0 Å². The van der Waals surface area contributed by atoms with Crippen LogP contribution in [0.4, 0.5) is 0 Å². The van der Waals surface area contributed by atoms with E-state index < -0.39 is 27.0 Å². The van der Waals surface area contributed by atoms with Gasteiger partial charge in [-0.15, -0.1) is 0 Å². The molecule has 0 fully saturated rings. The van der Waals surface area contributed by atoms with Crippen LogP contribution in [0.25, 0.3) is 0 Å². The fraction of sp³-hybridized carbons (Fsp3) is 0.364. The average molecular weight is 311 g/mol. The van der Waals surface area contributed by atoms with Gasteiger partial charge in [-0.05, 0) is 26.0 Å². The van der Waals surface area contributed by atoms with Crippen molar-refractivity contribution in [2.75, 3.05) is 5.75 Å². The van der Waals surface area contributed by atoms with E-state index in [1.54, 1.807) is 0 Å². The first-order valence-corrected chi connectivity index (χ1v) is 7.39. The molecule has 0 atom stereocenters. The van der Waals surface area contributed by atoms with Gasteiger partial charge < -0.3 is 5.11 Å². The maximum Gasteiger partial charge on any atom is 0.310 e. The Balaban J connectivity index is 3.28. The molecule has 0 amide bonds. The lowest BCUT2D eigenvalue weighted by Gasteiger charge is -2.19. The van der Waals surface area contributed by atoms with Gasteiger partial charge in [0.15, 0.2) is 9.84 Å². The number of sulfone groups is 1. The van der Waals surface area contributed by atoms with Gasteiger partial charge >= 0.3 is 5.97 Å². The molecule has 0 unspecified atom stereocenters. The molecule has 1 aromatic rings. The standard InChI is InChI=1S/C11H12Cl2O4S/c1-11(2,10(14)15)6-18(16,17)9-7(12)4-3-5-8(9)13/h3-5H,6H2,1-2H3,(H,14,15). The van der Waals surface area contributed by atoms with Crippen molar-refractivity contribution in [1.82, 2.24) is 0 Å².